The van der Waals surface area contributed by atoms with E-state index in [1.165, 1.54) is 24.2 Å². The molecule has 29 heavy (non-hydrogen) atoms. The molecule has 3 rings (SSSR count). The number of hydrogen-bond donors (Lipinski definition) is 0. The summed E-state index contributed by atoms with van der Waals surface area (Å²) < 4.78 is 5.70. The fourth-order valence-electron chi connectivity index (χ4n) is 3.42. The maximum absolute atomic E-state index is 13.2. The van der Waals surface area contributed by atoms with E-state index in [1.54, 1.807) is 4.90 Å². The molecule has 1 aromatic rings. The maximum Gasteiger partial charge on any atom is 0.329 e. The van der Waals surface area contributed by atoms with Crippen molar-refractivity contribution in [3.05, 3.63) is 17.2 Å². The van der Waals surface area contributed by atoms with Crippen molar-refractivity contribution in [1.29, 1.82) is 0 Å². The average Bonchev–Trinajstić information content (AvgIpc) is 3.45. The highest BCUT2D eigenvalue weighted by molar-refractivity contribution is 7.15. The lowest BCUT2D eigenvalue weighted by atomic mass is 10.2. The molecular formula is C21H32N4O3S. The largest absolute Gasteiger partial charge is 0.441 e. The number of urea groups is 1. The van der Waals surface area contributed by atoms with Crippen LogP contribution in [0.25, 0.3) is 0 Å². The van der Waals surface area contributed by atoms with E-state index in [1.807, 2.05) is 24.0 Å². The van der Waals surface area contributed by atoms with Crippen molar-refractivity contribution in [2.45, 2.75) is 83.8 Å². The van der Waals surface area contributed by atoms with Gasteiger partial charge in [0.25, 0.3) is 0 Å². The molecule has 0 aromatic carbocycles. The van der Waals surface area contributed by atoms with Crippen LogP contribution in [-0.2, 0) is 9.53 Å². The van der Waals surface area contributed by atoms with Gasteiger partial charge in [-0.15, -0.1) is 10.2 Å². The predicted octanol–water partition coefficient (Wildman–Crippen LogP) is 4.85. The van der Waals surface area contributed by atoms with E-state index in [0.29, 0.717) is 36.9 Å². The van der Waals surface area contributed by atoms with Crippen LogP contribution in [0.5, 0.6) is 0 Å². The first-order chi connectivity index (χ1) is 14.1. The Morgan fingerprint density at radius 1 is 1.24 bits per heavy atom. The summed E-state index contributed by atoms with van der Waals surface area (Å²) in [6, 6.07) is -0.127. The van der Waals surface area contributed by atoms with Gasteiger partial charge in [-0.2, -0.15) is 0 Å². The van der Waals surface area contributed by atoms with E-state index in [4.69, 9.17) is 4.74 Å². The summed E-state index contributed by atoms with van der Waals surface area (Å²) in [6.45, 7) is 5.43. The molecule has 1 saturated carbocycles. The quantitative estimate of drug-likeness (QED) is 0.290. The standard InChI is InChI=1S/C21H32N4O3S/c1-3-5-7-9-14-24-15-13-17(28-18(26)10-8-6-4-2)25(21(24)27)20-23-22-19(29-20)16-11-12-16/h4,6,16-17H,3,5,7-15H2,1-2H3. The topological polar surface area (TPSA) is 75.6 Å². The van der Waals surface area contributed by atoms with Crippen LogP contribution < -0.4 is 4.90 Å². The minimum atomic E-state index is -0.604. The van der Waals surface area contributed by atoms with Crippen molar-refractivity contribution in [3.63, 3.8) is 0 Å². The van der Waals surface area contributed by atoms with Crippen LogP contribution in [0.3, 0.4) is 0 Å². The van der Waals surface area contributed by atoms with Gasteiger partial charge < -0.3 is 9.64 Å². The van der Waals surface area contributed by atoms with Crippen molar-refractivity contribution >= 4 is 28.5 Å². The zero-order valence-corrected chi connectivity index (χ0v) is 18.3. The van der Waals surface area contributed by atoms with Gasteiger partial charge in [-0.25, -0.2) is 9.69 Å². The Morgan fingerprint density at radius 2 is 2.07 bits per heavy atom. The minimum absolute atomic E-state index is 0.127. The van der Waals surface area contributed by atoms with Crippen LogP contribution >= 0.6 is 11.3 Å². The Bertz CT molecular complexity index is 717. The molecular weight excluding hydrogens is 388 g/mol. The lowest BCUT2D eigenvalue weighted by Crippen LogP contribution is -2.56. The molecule has 1 atom stereocenters. The molecule has 1 aromatic heterocycles. The van der Waals surface area contributed by atoms with E-state index >= 15 is 0 Å². The first-order valence-electron chi connectivity index (χ1n) is 10.9. The zero-order valence-electron chi connectivity index (χ0n) is 17.5. The number of rotatable bonds is 11. The van der Waals surface area contributed by atoms with E-state index in [0.717, 1.165) is 37.2 Å². The lowest BCUT2D eigenvalue weighted by Gasteiger charge is -2.39. The van der Waals surface area contributed by atoms with E-state index < -0.39 is 6.23 Å². The number of amides is 2. The number of aromatic nitrogens is 2. The molecule has 160 valence electrons. The van der Waals surface area contributed by atoms with Crippen LogP contribution in [0.2, 0.25) is 0 Å². The Balaban J connectivity index is 1.68. The third-order valence-corrected chi connectivity index (χ3v) is 6.36. The van der Waals surface area contributed by atoms with Gasteiger partial charge in [0.2, 0.25) is 5.13 Å². The SMILES string of the molecule is CC=CCCC(=O)OC1CCN(CCCCCC)C(=O)N1c1nnc(C2CC2)s1. The average molecular weight is 421 g/mol. The highest BCUT2D eigenvalue weighted by Gasteiger charge is 2.39. The first-order valence-corrected chi connectivity index (χ1v) is 11.7. The molecule has 1 aliphatic carbocycles. The van der Waals surface area contributed by atoms with Crippen LogP contribution in [0.15, 0.2) is 12.2 Å². The molecule has 2 aliphatic rings. The number of hydrogen-bond acceptors (Lipinski definition) is 6. The van der Waals surface area contributed by atoms with Gasteiger partial charge >= 0.3 is 12.0 Å². The van der Waals surface area contributed by atoms with E-state index in [2.05, 4.69) is 17.1 Å². The van der Waals surface area contributed by atoms with Crippen molar-refractivity contribution in [2.75, 3.05) is 18.0 Å². The Hall–Kier alpha value is -1.96. The number of carbonyl (C=O) groups is 2. The van der Waals surface area contributed by atoms with Gasteiger partial charge in [0.05, 0.1) is 0 Å². The number of esters is 1. The van der Waals surface area contributed by atoms with E-state index in [-0.39, 0.29) is 12.0 Å². The molecule has 7 nitrogen and oxygen atoms in total. The molecule has 1 saturated heterocycles. The molecule has 0 N–H and O–H groups in total. The number of nitrogens with zero attached hydrogens (tertiary/aromatic N) is 4. The number of carbonyl (C=O) groups excluding carboxylic acids is 2. The second kappa shape index (κ2) is 10.7. The molecule has 1 unspecified atom stereocenters. The van der Waals surface area contributed by atoms with Crippen molar-refractivity contribution in [2.24, 2.45) is 0 Å². The summed E-state index contributed by atoms with van der Waals surface area (Å²) in [4.78, 5) is 28.9. The highest BCUT2D eigenvalue weighted by Crippen LogP contribution is 2.43. The fourth-order valence-corrected chi connectivity index (χ4v) is 4.46. The van der Waals surface area contributed by atoms with Gasteiger partial charge in [0.15, 0.2) is 6.23 Å². The summed E-state index contributed by atoms with van der Waals surface area (Å²) >= 11 is 1.45. The lowest BCUT2D eigenvalue weighted by molar-refractivity contribution is -0.149. The Morgan fingerprint density at radius 3 is 2.79 bits per heavy atom. The smallest absolute Gasteiger partial charge is 0.329 e. The number of allylic oxidation sites excluding steroid dienone is 2. The molecule has 0 bridgehead atoms. The van der Waals surface area contributed by atoms with Crippen molar-refractivity contribution < 1.29 is 14.3 Å². The Labute approximate surface area is 177 Å². The fraction of sp³-hybridized carbons (Fsp3) is 0.714. The van der Waals surface area contributed by atoms with Gasteiger partial charge in [-0.1, -0.05) is 49.7 Å². The van der Waals surface area contributed by atoms with Crippen LogP contribution in [-0.4, -0.2) is 46.4 Å². The molecule has 2 fully saturated rings. The highest BCUT2D eigenvalue weighted by atomic mass is 32.1. The van der Waals surface area contributed by atoms with Crippen molar-refractivity contribution in [1.82, 2.24) is 15.1 Å². The number of ether oxygens (including phenoxy) is 1. The minimum Gasteiger partial charge on any atom is -0.441 e. The third kappa shape index (κ3) is 6.01. The van der Waals surface area contributed by atoms with Gasteiger partial charge in [-0.3, -0.25) is 4.79 Å². The first kappa shape index (κ1) is 21.7. The monoisotopic (exact) mass is 420 g/mol. The Kier molecular flexibility index (Phi) is 8.03. The van der Waals surface area contributed by atoms with Crippen LogP contribution in [0, 0.1) is 0 Å². The summed E-state index contributed by atoms with van der Waals surface area (Å²) in [5, 5.41) is 10.1. The van der Waals surface area contributed by atoms with E-state index in [9.17, 15) is 9.59 Å². The van der Waals surface area contributed by atoms with Gasteiger partial charge in [0, 0.05) is 31.8 Å². The predicted molar refractivity (Wildman–Crippen MR) is 114 cm³/mol. The summed E-state index contributed by atoms with van der Waals surface area (Å²) in [6.07, 6.45) is 11.5. The second-order valence-electron chi connectivity index (χ2n) is 7.74. The van der Waals surface area contributed by atoms with Crippen LogP contribution in [0.4, 0.5) is 9.93 Å². The van der Waals surface area contributed by atoms with Gasteiger partial charge in [-0.05, 0) is 32.6 Å². The van der Waals surface area contributed by atoms with Gasteiger partial charge in [0.1, 0.15) is 5.01 Å². The number of unbranched alkanes of at least 4 members (excludes halogenated alkanes) is 3. The normalized spacial score (nSPS) is 19.9. The molecule has 8 heteroatoms. The van der Waals surface area contributed by atoms with Crippen LogP contribution in [0.1, 0.15) is 82.6 Å². The number of anilines is 1. The summed E-state index contributed by atoms with van der Waals surface area (Å²) in [5.74, 6) is 0.197. The zero-order chi connectivity index (χ0) is 20.6. The molecule has 0 spiro atoms. The van der Waals surface area contributed by atoms with Crippen molar-refractivity contribution in [3.8, 4) is 0 Å². The molecule has 2 heterocycles. The summed E-state index contributed by atoms with van der Waals surface area (Å²) in [7, 11) is 0. The molecule has 0 radical (unpaired) electrons. The maximum atomic E-state index is 13.2. The summed E-state index contributed by atoms with van der Waals surface area (Å²) in [5.41, 5.74) is 0. The molecule has 1 aliphatic heterocycles. The molecule has 2 amide bonds. The third-order valence-electron chi connectivity index (χ3n) is 5.27. The second-order valence-corrected chi connectivity index (χ2v) is 8.73.